The van der Waals surface area contributed by atoms with E-state index in [4.69, 9.17) is 27.8 Å². The lowest BCUT2D eigenvalue weighted by atomic mass is 10.2. The van der Waals surface area contributed by atoms with Crippen LogP contribution in [0.3, 0.4) is 0 Å². The molecular formula is C21H19FN6S. The summed E-state index contributed by atoms with van der Waals surface area (Å²) >= 11 is 5.68. The molecule has 0 aliphatic rings. The van der Waals surface area contributed by atoms with Crippen LogP contribution in [-0.4, -0.2) is 32.3 Å². The van der Waals surface area contributed by atoms with Gasteiger partial charge in [0.05, 0.1) is 24.5 Å². The zero-order valence-corrected chi connectivity index (χ0v) is 16.5. The van der Waals surface area contributed by atoms with E-state index >= 15 is 0 Å². The average Bonchev–Trinajstić information content (AvgIpc) is 3.07. The van der Waals surface area contributed by atoms with E-state index in [2.05, 4.69) is 12.1 Å². The first-order valence-electron chi connectivity index (χ1n) is 9.11. The highest BCUT2D eigenvalue weighted by Gasteiger charge is 2.16. The molecule has 146 valence electrons. The second-order valence-corrected chi connectivity index (χ2v) is 6.72. The van der Waals surface area contributed by atoms with Crippen molar-refractivity contribution in [2.75, 3.05) is 13.1 Å². The number of nitrogens with zero attached hydrogens (tertiary/aromatic N) is 6. The van der Waals surface area contributed by atoms with Crippen molar-refractivity contribution < 1.29 is 4.39 Å². The normalized spacial score (nSPS) is 10.6. The molecule has 0 saturated carbocycles. The van der Waals surface area contributed by atoms with Crippen LogP contribution in [-0.2, 0) is 6.67 Å². The second-order valence-electron chi connectivity index (χ2n) is 6.36. The average molecular weight is 406 g/mol. The summed E-state index contributed by atoms with van der Waals surface area (Å²) in [7, 11) is 0. The van der Waals surface area contributed by atoms with Crippen molar-refractivity contribution in [2.45, 2.75) is 19.5 Å². The van der Waals surface area contributed by atoms with Gasteiger partial charge in [0.2, 0.25) is 4.77 Å². The molecular weight excluding hydrogens is 387 g/mol. The van der Waals surface area contributed by atoms with Gasteiger partial charge in [0.15, 0.2) is 5.82 Å². The molecule has 1 heterocycles. The Morgan fingerprint density at radius 2 is 1.59 bits per heavy atom. The minimum absolute atomic E-state index is 0.326. The second kappa shape index (κ2) is 9.74. The third-order valence-corrected chi connectivity index (χ3v) is 4.76. The van der Waals surface area contributed by atoms with Crippen molar-refractivity contribution in [3.8, 4) is 29.2 Å². The van der Waals surface area contributed by atoms with Crippen LogP contribution in [0.2, 0.25) is 0 Å². The van der Waals surface area contributed by atoms with Gasteiger partial charge < -0.3 is 0 Å². The number of benzene rings is 2. The van der Waals surface area contributed by atoms with Gasteiger partial charge in [0, 0.05) is 31.5 Å². The molecule has 0 saturated heterocycles. The van der Waals surface area contributed by atoms with Crippen LogP contribution in [0, 0.1) is 33.3 Å². The van der Waals surface area contributed by atoms with Gasteiger partial charge in [0.1, 0.15) is 5.82 Å². The molecule has 0 aliphatic carbocycles. The summed E-state index contributed by atoms with van der Waals surface area (Å²) in [6.07, 6.45) is 0.700. The number of halogens is 1. The highest BCUT2D eigenvalue weighted by atomic mass is 32.1. The number of nitriles is 2. The van der Waals surface area contributed by atoms with E-state index in [1.807, 2.05) is 35.2 Å². The summed E-state index contributed by atoms with van der Waals surface area (Å²) in [6, 6.07) is 20.0. The largest absolute Gasteiger partial charge is 0.282 e. The van der Waals surface area contributed by atoms with Gasteiger partial charge in [-0.15, -0.1) is 5.10 Å². The van der Waals surface area contributed by atoms with Crippen molar-refractivity contribution in [2.24, 2.45) is 0 Å². The molecule has 3 rings (SSSR count). The molecule has 2 aromatic carbocycles. The van der Waals surface area contributed by atoms with Crippen molar-refractivity contribution in [3.05, 3.63) is 65.2 Å². The molecule has 0 aliphatic heterocycles. The van der Waals surface area contributed by atoms with E-state index in [1.54, 1.807) is 21.4 Å². The molecule has 0 unspecified atom stereocenters. The minimum Gasteiger partial charge on any atom is -0.282 e. The zero-order valence-electron chi connectivity index (χ0n) is 15.7. The summed E-state index contributed by atoms with van der Waals surface area (Å²) < 4.78 is 17.4. The minimum atomic E-state index is -0.326. The molecule has 6 nitrogen and oxygen atoms in total. The smallest absolute Gasteiger partial charge is 0.204 e. The molecule has 3 aromatic rings. The summed E-state index contributed by atoms with van der Waals surface area (Å²) in [5.41, 5.74) is 1.59. The maximum atomic E-state index is 13.4. The Morgan fingerprint density at radius 3 is 2.17 bits per heavy atom. The highest BCUT2D eigenvalue weighted by molar-refractivity contribution is 7.71. The molecule has 0 N–H and O–H groups in total. The Balaban J connectivity index is 2.05. The maximum absolute atomic E-state index is 13.4. The van der Waals surface area contributed by atoms with Crippen LogP contribution in [0.4, 0.5) is 4.39 Å². The summed E-state index contributed by atoms with van der Waals surface area (Å²) in [5, 5.41) is 22.5. The highest BCUT2D eigenvalue weighted by Crippen LogP contribution is 2.23. The van der Waals surface area contributed by atoms with E-state index in [0.717, 1.165) is 5.56 Å². The number of rotatable bonds is 8. The van der Waals surface area contributed by atoms with Crippen LogP contribution in [0.1, 0.15) is 12.8 Å². The summed E-state index contributed by atoms with van der Waals surface area (Å²) in [5.74, 6) is 0.316. The first kappa shape index (κ1) is 20.4. The zero-order chi connectivity index (χ0) is 20.6. The fraction of sp³-hybridized carbons (Fsp3) is 0.238. The monoisotopic (exact) mass is 406 g/mol. The van der Waals surface area contributed by atoms with Crippen LogP contribution >= 0.6 is 12.2 Å². The standard InChI is InChI=1S/C21H19FN6S/c22-18-8-10-19(11-9-18)28-20(17-6-2-1-3-7-17)25-27(21(28)29)16-26(14-4-12-23)15-5-13-24/h1-3,6-11H,4-5,14-16H2. The number of hydrogen-bond donors (Lipinski definition) is 0. The summed E-state index contributed by atoms with van der Waals surface area (Å²) in [6.45, 7) is 1.39. The molecule has 0 radical (unpaired) electrons. The lowest BCUT2D eigenvalue weighted by Gasteiger charge is -2.19. The van der Waals surface area contributed by atoms with Crippen molar-refractivity contribution >= 4 is 12.2 Å². The quantitative estimate of drug-likeness (QED) is 0.522. The third kappa shape index (κ3) is 4.94. The number of aromatic nitrogens is 3. The van der Waals surface area contributed by atoms with Gasteiger partial charge in [-0.2, -0.15) is 10.5 Å². The van der Waals surface area contributed by atoms with Gasteiger partial charge in [0.25, 0.3) is 0 Å². The molecule has 0 atom stereocenters. The van der Waals surface area contributed by atoms with Gasteiger partial charge in [-0.25, -0.2) is 9.07 Å². The lowest BCUT2D eigenvalue weighted by molar-refractivity contribution is 0.214. The topological polar surface area (TPSA) is 73.6 Å². The fourth-order valence-corrected chi connectivity index (χ4v) is 3.25. The maximum Gasteiger partial charge on any atom is 0.204 e. The van der Waals surface area contributed by atoms with Crippen LogP contribution < -0.4 is 0 Å². The van der Waals surface area contributed by atoms with Crippen LogP contribution in [0.5, 0.6) is 0 Å². The van der Waals surface area contributed by atoms with E-state index in [-0.39, 0.29) is 5.82 Å². The Hall–Kier alpha value is -3.33. The molecule has 0 spiro atoms. The van der Waals surface area contributed by atoms with Crippen molar-refractivity contribution in [3.63, 3.8) is 0 Å². The summed E-state index contributed by atoms with van der Waals surface area (Å²) in [4.78, 5) is 1.97. The Labute approximate surface area is 173 Å². The van der Waals surface area contributed by atoms with Crippen LogP contribution in [0.25, 0.3) is 17.1 Å². The van der Waals surface area contributed by atoms with Crippen molar-refractivity contribution in [1.29, 1.82) is 10.5 Å². The number of hydrogen-bond acceptors (Lipinski definition) is 5. The Morgan fingerprint density at radius 1 is 0.966 bits per heavy atom. The molecule has 29 heavy (non-hydrogen) atoms. The van der Waals surface area contributed by atoms with Gasteiger partial charge >= 0.3 is 0 Å². The molecule has 8 heteroatoms. The third-order valence-electron chi connectivity index (χ3n) is 4.37. The first-order chi connectivity index (χ1) is 14.1. The Kier molecular flexibility index (Phi) is 6.85. The predicted octanol–water partition coefficient (Wildman–Crippen LogP) is 4.30. The molecule has 1 aromatic heterocycles. The van der Waals surface area contributed by atoms with E-state index < -0.39 is 0 Å². The molecule has 0 amide bonds. The fourth-order valence-electron chi connectivity index (χ4n) is 2.96. The molecule has 0 fully saturated rings. The first-order valence-corrected chi connectivity index (χ1v) is 9.52. The van der Waals surface area contributed by atoms with Gasteiger partial charge in [-0.3, -0.25) is 9.47 Å². The predicted molar refractivity (Wildman–Crippen MR) is 110 cm³/mol. The van der Waals surface area contributed by atoms with Crippen LogP contribution in [0.15, 0.2) is 54.6 Å². The van der Waals surface area contributed by atoms with E-state index in [1.165, 1.54) is 12.1 Å². The van der Waals surface area contributed by atoms with Crippen molar-refractivity contribution in [1.82, 2.24) is 19.2 Å². The van der Waals surface area contributed by atoms with E-state index in [9.17, 15) is 4.39 Å². The Bertz CT molecular complexity index is 1070. The SMILES string of the molecule is N#CCCN(CCC#N)Cn1nc(-c2ccccc2)n(-c2ccc(F)cc2)c1=S. The van der Waals surface area contributed by atoms with Gasteiger partial charge in [-0.1, -0.05) is 30.3 Å². The molecule has 0 bridgehead atoms. The van der Waals surface area contributed by atoms with E-state index in [0.29, 0.717) is 48.9 Å². The lowest BCUT2D eigenvalue weighted by Crippen LogP contribution is -2.29. The van der Waals surface area contributed by atoms with Gasteiger partial charge in [-0.05, 0) is 36.5 Å².